The topological polar surface area (TPSA) is 44.1 Å². The van der Waals surface area contributed by atoms with Crippen molar-refractivity contribution in [1.29, 1.82) is 0 Å². The van der Waals surface area contributed by atoms with Gasteiger partial charge in [-0.25, -0.2) is 4.98 Å². The summed E-state index contributed by atoms with van der Waals surface area (Å²) in [6.07, 6.45) is -8.97. The summed E-state index contributed by atoms with van der Waals surface area (Å²) >= 11 is 0. The molecule has 0 spiro atoms. The SMILES string of the molecule is FC(F)(F)c1cccc(-c2ccc(Cn3c(-c4ccc(-c5cccc(C(F)(F)F)c5)o4)nc4ccccc43)o2)c1. The second-order valence-corrected chi connectivity index (χ2v) is 9.10. The van der Waals surface area contributed by atoms with Gasteiger partial charge in [-0.05, 0) is 60.7 Å². The van der Waals surface area contributed by atoms with Crippen LogP contribution in [0.5, 0.6) is 0 Å². The first kappa shape index (κ1) is 25.5. The zero-order valence-corrected chi connectivity index (χ0v) is 20.4. The molecule has 0 bridgehead atoms. The number of furan rings is 2. The number of nitrogens with zero attached hydrogens (tertiary/aromatic N) is 2. The van der Waals surface area contributed by atoms with E-state index >= 15 is 0 Å². The first-order valence-electron chi connectivity index (χ1n) is 12.1. The van der Waals surface area contributed by atoms with Crippen LogP contribution in [0.15, 0.2) is 106 Å². The second-order valence-electron chi connectivity index (χ2n) is 9.10. The van der Waals surface area contributed by atoms with Crippen LogP contribution in [0.3, 0.4) is 0 Å². The zero-order chi connectivity index (χ0) is 28.1. The van der Waals surface area contributed by atoms with E-state index in [0.717, 1.165) is 29.8 Å². The van der Waals surface area contributed by atoms with Crippen LogP contribution in [0.25, 0.3) is 45.3 Å². The molecule has 0 saturated carbocycles. The quantitative estimate of drug-likeness (QED) is 0.200. The number of fused-ring (bicyclic) bond motifs is 1. The summed E-state index contributed by atoms with van der Waals surface area (Å²) in [6, 6.07) is 23.5. The van der Waals surface area contributed by atoms with Crippen LogP contribution in [0.4, 0.5) is 26.3 Å². The number of para-hydroxylation sites is 2. The van der Waals surface area contributed by atoms with Crippen molar-refractivity contribution in [2.75, 3.05) is 0 Å². The molecule has 6 aromatic rings. The standard InChI is InChI=1S/C30H18F6N2O2/c31-29(32,33)20-7-3-5-18(15-20)25-12-11-22(39-25)17-38-24-10-2-1-9-23(24)37-28(38)27-14-13-26(40-27)19-6-4-8-21(16-19)30(34,35)36/h1-16H,17H2. The number of hydrogen-bond donors (Lipinski definition) is 0. The average molecular weight is 552 g/mol. The van der Waals surface area contributed by atoms with Gasteiger partial charge in [0.05, 0.1) is 28.7 Å². The molecule has 3 heterocycles. The molecule has 0 aliphatic carbocycles. The minimum absolute atomic E-state index is 0.175. The third kappa shape index (κ3) is 4.88. The van der Waals surface area contributed by atoms with E-state index < -0.39 is 23.5 Å². The van der Waals surface area contributed by atoms with Gasteiger partial charge in [0.25, 0.3) is 0 Å². The fourth-order valence-corrected chi connectivity index (χ4v) is 4.51. The molecule has 3 aromatic heterocycles. The predicted molar refractivity (Wildman–Crippen MR) is 136 cm³/mol. The molecule has 0 aliphatic rings. The number of hydrogen-bond acceptors (Lipinski definition) is 3. The molecule has 6 rings (SSSR count). The number of aromatic nitrogens is 2. The molecule has 0 fully saturated rings. The van der Waals surface area contributed by atoms with E-state index in [0.29, 0.717) is 22.9 Å². The van der Waals surface area contributed by atoms with Crippen LogP contribution in [0, 0.1) is 0 Å². The van der Waals surface area contributed by atoms with Crippen LogP contribution >= 0.6 is 0 Å². The molecule has 0 unspecified atom stereocenters. The van der Waals surface area contributed by atoms with Gasteiger partial charge in [0, 0.05) is 11.1 Å². The van der Waals surface area contributed by atoms with Crippen LogP contribution in [0.1, 0.15) is 16.9 Å². The Morgan fingerprint density at radius 3 is 1.82 bits per heavy atom. The van der Waals surface area contributed by atoms with Gasteiger partial charge < -0.3 is 13.4 Å². The third-order valence-corrected chi connectivity index (χ3v) is 6.41. The van der Waals surface area contributed by atoms with Crippen molar-refractivity contribution in [2.45, 2.75) is 18.9 Å². The lowest BCUT2D eigenvalue weighted by atomic mass is 10.1. The smallest absolute Gasteiger partial charge is 0.416 e. The third-order valence-electron chi connectivity index (χ3n) is 6.41. The first-order valence-corrected chi connectivity index (χ1v) is 12.1. The molecule has 0 N–H and O–H groups in total. The summed E-state index contributed by atoms with van der Waals surface area (Å²) < 4.78 is 92.9. The number of alkyl halides is 6. The highest BCUT2D eigenvalue weighted by Gasteiger charge is 2.31. The normalized spacial score (nSPS) is 12.3. The van der Waals surface area contributed by atoms with Crippen molar-refractivity contribution in [3.8, 4) is 34.2 Å². The van der Waals surface area contributed by atoms with Gasteiger partial charge in [-0.15, -0.1) is 0 Å². The van der Waals surface area contributed by atoms with Gasteiger partial charge in [0.2, 0.25) is 0 Å². The van der Waals surface area contributed by atoms with Gasteiger partial charge in [-0.2, -0.15) is 26.3 Å². The maximum absolute atomic E-state index is 13.2. The highest BCUT2D eigenvalue weighted by Crippen LogP contribution is 2.36. The van der Waals surface area contributed by atoms with Crippen LogP contribution in [-0.4, -0.2) is 9.55 Å². The van der Waals surface area contributed by atoms with E-state index in [9.17, 15) is 26.3 Å². The van der Waals surface area contributed by atoms with Crippen LogP contribution < -0.4 is 0 Å². The highest BCUT2D eigenvalue weighted by atomic mass is 19.4. The van der Waals surface area contributed by atoms with Crippen molar-refractivity contribution < 1.29 is 35.2 Å². The fraction of sp³-hybridized carbons (Fsp3) is 0.100. The van der Waals surface area contributed by atoms with Gasteiger partial charge in [-0.1, -0.05) is 36.4 Å². The zero-order valence-electron chi connectivity index (χ0n) is 20.4. The van der Waals surface area contributed by atoms with Crippen LogP contribution in [-0.2, 0) is 18.9 Å². The average Bonchev–Trinajstić information content (AvgIpc) is 3.67. The largest absolute Gasteiger partial charge is 0.459 e. The van der Waals surface area contributed by atoms with E-state index in [4.69, 9.17) is 8.83 Å². The minimum atomic E-state index is -4.49. The molecule has 0 atom stereocenters. The summed E-state index contributed by atoms with van der Waals surface area (Å²) in [5, 5.41) is 0. The number of rotatable bonds is 5. The summed E-state index contributed by atoms with van der Waals surface area (Å²) in [6.45, 7) is 0.175. The Kier molecular flexibility index (Phi) is 6.05. The van der Waals surface area contributed by atoms with E-state index in [1.807, 2.05) is 28.8 Å². The Balaban J connectivity index is 1.36. The molecule has 0 saturated heterocycles. The summed E-state index contributed by atoms with van der Waals surface area (Å²) in [5.41, 5.74) is 0.379. The van der Waals surface area contributed by atoms with Gasteiger partial charge in [0.1, 0.15) is 17.3 Å². The molecule has 40 heavy (non-hydrogen) atoms. The van der Waals surface area contributed by atoms with Crippen molar-refractivity contribution in [3.05, 3.63) is 114 Å². The number of benzene rings is 3. The molecule has 0 amide bonds. The lowest BCUT2D eigenvalue weighted by Crippen LogP contribution is -2.04. The highest BCUT2D eigenvalue weighted by molar-refractivity contribution is 5.80. The Morgan fingerprint density at radius 1 is 0.600 bits per heavy atom. The molecule has 3 aromatic carbocycles. The number of imidazole rings is 1. The maximum atomic E-state index is 13.2. The molecule has 10 heteroatoms. The maximum Gasteiger partial charge on any atom is 0.416 e. The van der Waals surface area contributed by atoms with E-state index in [-0.39, 0.29) is 29.2 Å². The summed E-state index contributed by atoms with van der Waals surface area (Å²) in [5.74, 6) is 1.72. The van der Waals surface area contributed by atoms with E-state index in [2.05, 4.69) is 4.98 Å². The summed E-state index contributed by atoms with van der Waals surface area (Å²) in [4.78, 5) is 4.67. The Hall–Kier alpha value is -4.73. The van der Waals surface area contributed by atoms with Gasteiger partial charge >= 0.3 is 12.4 Å². The van der Waals surface area contributed by atoms with Crippen molar-refractivity contribution >= 4 is 11.0 Å². The number of halogens is 6. The molecule has 202 valence electrons. The Bertz CT molecular complexity index is 1820. The first-order chi connectivity index (χ1) is 19.1. The van der Waals surface area contributed by atoms with Gasteiger partial charge in [-0.3, -0.25) is 0 Å². The predicted octanol–water partition coefficient (Wildman–Crippen LogP) is 9.31. The summed E-state index contributed by atoms with van der Waals surface area (Å²) in [7, 11) is 0. The molecular formula is C30H18F6N2O2. The van der Waals surface area contributed by atoms with E-state index in [1.54, 1.807) is 24.3 Å². The van der Waals surface area contributed by atoms with Gasteiger partial charge in [0.15, 0.2) is 11.6 Å². The monoisotopic (exact) mass is 552 g/mol. The second kappa shape index (κ2) is 9.48. The molecule has 4 nitrogen and oxygen atoms in total. The lowest BCUT2D eigenvalue weighted by molar-refractivity contribution is -0.138. The fourth-order valence-electron chi connectivity index (χ4n) is 4.51. The molecule has 0 radical (unpaired) electrons. The van der Waals surface area contributed by atoms with Crippen molar-refractivity contribution in [1.82, 2.24) is 9.55 Å². The van der Waals surface area contributed by atoms with Crippen molar-refractivity contribution in [2.24, 2.45) is 0 Å². The minimum Gasteiger partial charge on any atom is -0.459 e. The Labute approximate surface area is 223 Å². The van der Waals surface area contributed by atoms with Crippen molar-refractivity contribution in [3.63, 3.8) is 0 Å². The Morgan fingerprint density at radius 2 is 1.18 bits per heavy atom. The molecule has 0 aliphatic heterocycles. The molecular weight excluding hydrogens is 534 g/mol. The lowest BCUT2D eigenvalue weighted by Gasteiger charge is -2.08. The van der Waals surface area contributed by atoms with E-state index in [1.165, 1.54) is 24.3 Å². The van der Waals surface area contributed by atoms with Crippen LogP contribution in [0.2, 0.25) is 0 Å².